The smallest absolute Gasteiger partial charge is 0.335 e. The van der Waals surface area contributed by atoms with Crippen LogP contribution >= 0.6 is 0 Å². The highest BCUT2D eigenvalue weighted by Gasteiger charge is 2.18. The van der Waals surface area contributed by atoms with E-state index in [1.165, 1.54) is 37.6 Å². The standard InChI is InChI=1S/C22H18N2O6/c1-29-19-10-9-15(22(27)28)12-17(19)23-21(26)18(13-16-8-5-11-30-16)24-20(25)14-6-3-2-4-7-14/h2-13H,1H3,(H,23,26)(H,24,25)(H,27,28)/b18-13-. The van der Waals surface area contributed by atoms with E-state index in [1.54, 1.807) is 42.5 Å². The van der Waals surface area contributed by atoms with Crippen molar-refractivity contribution in [1.82, 2.24) is 5.32 Å². The van der Waals surface area contributed by atoms with Crippen LogP contribution in [0.4, 0.5) is 5.69 Å². The molecule has 0 atom stereocenters. The number of ether oxygens (including phenoxy) is 1. The van der Waals surface area contributed by atoms with Crippen LogP contribution in [-0.4, -0.2) is 30.0 Å². The molecule has 0 spiro atoms. The van der Waals surface area contributed by atoms with E-state index < -0.39 is 17.8 Å². The largest absolute Gasteiger partial charge is 0.495 e. The molecule has 0 unspecified atom stereocenters. The second-order valence-corrected chi connectivity index (χ2v) is 6.07. The summed E-state index contributed by atoms with van der Waals surface area (Å²) in [6, 6.07) is 15.7. The van der Waals surface area contributed by atoms with Gasteiger partial charge in [0, 0.05) is 11.6 Å². The van der Waals surface area contributed by atoms with E-state index in [9.17, 15) is 19.5 Å². The van der Waals surface area contributed by atoms with E-state index >= 15 is 0 Å². The Hall–Kier alpha value is -4.33. The van der Waals surface area contributed by atoms with Gasteiger partial charge in [0.05, 0.1) is 24.6 Å². The Bertz CT molecular complexity index is 1090. The van der Waals surface area contributed by atoms with Gasteiger partial charge in [-0.25, -0.2) is 4.79 Å². The number of furan rings is 1. The van der Waals surface area contributed by atoms with Crippen LogP contribution in [0.25, 0.3) is 6.08 Å². The van der Waals surface area contributed by atoms with Crippen LogP contribution in [0.5, 0.6) is 5.75 Å². The number of carbonyl (C=O) groups excluding carboxylic acids is 2. The second-order valence-electron chi connectivity index (χ2n) is 6.07. The van der Waals surface area contributed by atoms with Gasteiger partial charge in [0.25, 0.3) is 11.8 Å². The van der Waals surface area contributed by atoms with Crippen LogP contribution in [0.1, 0.15) is 26.5 Å². The fourth-order valence-electron chi connectivity index (χ4n) is 2.59. The van der Waals surface area contributed by atoms with Crippen molar-refractivity contribution in [3.8, 4) is 5.75 Å². The normalized spacial score (nSPS) is 10.9. The summed E-state index contributed by atoms with van der Waals surface area (Å²) < 4.78 is 10.4. The van der Waals surface area contributed by atoms with Gasteiger partial charge in [0.1, 0.15) is 17.2 Å². The molecule has 0 bridgehead atoms. The fraction of sp³-hybridized carbons (Fsp3) is 0.0455. The predicted octanol–water partition coefficient (Wildman–Crippen LogP) is 3.40. The van der Waals surface area contributed by atoms with E-state index in [4.69, 9.17) is 9.15 Å². The van der Waals surface area contributed by atoms with Crippen molar-refractivity contribution in [3.63, 3.8) is 0 Å². The molecular formula is C22H18N2O6. The third-order valence-electron chi connectivity index (χ3n) is 4.05. The molecule has 0 aliphatic carbocycles. The molecule has 30 heavy (non-hydrogen) atoms. The number of hydrogen-bond donors (Lipinski definition) is 3. The first-order valence-corrected chi connectivity index (χ1v) is 8.82. The minimum atomic E-state index is -1.16. The number of amides is 2. The summed E-state index contributed by atoms with van der Waals surface area (Å²) in [7, 11) is 1.39. The molecule has 2 amide bonds. The lowest BCUT2D eigenvalue weighted by Gasteiger charge is -2.13. The van der Waals surface area contributed by atoms with Crippen molar-refractivity contribution in [2.45, 2.75) is 0 Å². The van der Waals surface area contributed by atoms with Crippen molar-refractivity contribution < 1.29 is 28.6 Å². The zero-order valence-electron chi connectivity index (χ0n) is 15.9. The number of carbonyl (C=O) groups is 3. The molecule has 0 aliphatic rings. The number of carboxylic acid groups (broad SMARTS) is 1. The number of rotatable bonds is 7. The molecule has 0 saturated carbocycles. The Balaban J connectivity index is 1.90. The third-order valence-corrected chi connectivity index (χ3v) is 4.05. The Morgan fingerprint density at radius 2 is 1.77 bits per heavy atom. The number of benzene rings is 2. The molecule has 1 aromatic heterocycles. The van der Waals surface area contributed by atoms with Crippen LogP contribution < -0.4 is 15.4 Å². The van der Waals surface area contributed by atoms with Gasteiger partial charge in [-0.3, -0.25) is 9.59 Å². The van der Waals surface area contributed by atoms with Crippen LogP contribution in [0.15, 0.2) is 77.0 Å². The molecule has 0 saturated heterocycles. The quantitative estimate of drug-likeness (QED) is 0.518. The van der Waals surface area contributed by atoms with Crippen molar-refractivity contribution >= 4 is 29.5 Å². The molecule has 8 heteroatoms. The molecule has 1 heterocycles. The molecule has 0 radical (unpaired) electrons. The summed E-state index contributed by atoms with van der Waals surface area (Å²) in [6.45, 7) is 0. The Morgan fingerprint density at radius 1 is 1.00 bits per heavy atom. The lowest BCUT2D eigenvalue weighted by atomic mass is 10.1. The molecule has 152 valence electrons. The third kappa shape index (κ3) is 4.93. The predicted molar refractivity (Wildman–Crippen MR) is 109 cm³/mol. The molecule has 0 aliphatic heterocycles. The average Bonchev–Trinajstić information content (AvgIpc) is 3.27. The van der Waals surface area contributed by atoms with Crippen LogP contribution in [-0.2, 0) is 4.79 Å². The van der Waals surface area contributed by atoms with Crippen molar-refractivity contribution in [1.29, 1.82) is 0 Å². The van der Waals surface area contributed by atoms with Gasteiger partial charge in [0.2, 0.25) is 0 Å². The van der Waals surface area contributed by atoms with E-state index in [1.807, 2.05) is 0 Å². The van der Waals surface area contributed by atoms with Crippen LogP contribution in [0.3, 0.4) is 0 Å². The monoisotopic (exact) mass is 406 g/mol. The SMILES string of the molecule is COc1ccc(C(=O)O)cc1NC(=O)/C(=C/c1ccco1)NC(=O)c1ccccc1. The summed E-state index contributed by atoms with van der Waals surface area (Å²) in [4.78, 5) is 36.7. The van der Waals surface area contributed by atoms with Gasteiger partial charge in [-0.1, -0.05) is 18.2 Å². The molecule has 2 aromatic carbocycles. The molecular weight excluding hydrogens is 388 g/mol. The van der Waals surface area contributed by atoms with E-state index in [-0.39, 0.29) is 22.7 Å². The van der Waals surface area contributed by atoms with Gasteiger partial charge in [0.15, 0.2) is 0 Å². The minimum Gasteiger partial charge on any atom is -0.495 e. The van der Waals surface area contributed by atoms with Crippen molar-refractivity contribution in [2.75, 3.05) is 12.4 Å². The zero-order chi connectivity index (χ0) is 21.5. The molecule has 3 N–H and O–H groups in total. The second kappa shape index (κ2) is 9.24. The molecule has 0 fully saturated rings. The molecule has 3 rings (SSSR count). The van der Waals surface area contributed by atoms with Gasteiger partial charge in [-0.05, 0) is 42.5 Å². The number of hydrogen-bond acceptors (Lipinski definition) is 5. The lowest BCUT2D eigenvalue weighted by Crippen LogP contribution is -2.30. The zero-order valence-corrected chi connectivity index (χ0v) is 15.9. The van der Waals surface area contributed by atoms with Crippen LogP contribution in [0, 0.1) is 0 Å². The Kier molecular flexibility index (Phi) is 6.29. The van der Waals surface area contributed by atoms with E-state index in [0.717, 1.165) is 0 Å². The number of methoxy groups -OCH3 is 1. The summed E-state index contributed by atoms with van der Waals surface area (Å²) in [5.41, 5.74) is 0.375. The van der Waals surface area contributed by atoms with Gasteiger partial charge in [-0.15, -0.1) is 0 Å². The number of aromatic carboxylic acids is 1. The Labute approximate surface area is 171 Å². The average molecular weight is 406 g/mol. The first-order valence-electron chi connectivity index (χ1n) is 8.82. The van der Waals surface area contributed by atoms with Gasteiger partial charge < -0.3 is 24.9 Å². The fourth-order valence-corrected chi connectivity index (χ4v) is 2.59. The first-order chi connectivity index (χ1) is 14.5. The highest BCUT2D eigenvalue weighted by molar-refractivity contribution is 6.11. The summed E-state index contributed by atoms with van der Waals surface area (Å²) in [5.74, 6) is -1.72. The molecule has 8 nitrogen and oxygen atoms in total. The van der Waals surface area contributed by atoms with Gasteiger partial charge in [-0.2, -0.15) is 0 Å². The topological polar surface area (TPSA) is 118 Å². The molecule has 3 aromatic rings. The number of anilines is 1. The summed E-state index contributed by atoms with van der Waals surface area (Å²) >= 11 is 0. The summed E-state index contributed by atoms with van der Waals surface area (Å²) in [6.07, 6.45) is 2.80. The maximum Gasteiger partial charge on any atom is 0.335 e. The highest BCUT2D eigenvalue weighted by Crippen LogP contribution is 2.26. The Morgan fingerprint density at radius 3 is 2.40 bits per heavy atom. The van der Waals surface area contributed by atoms with Crippen molar-refractivity contribution in [3.05, 3.63) is 89.5 Å². The van der Waals surface area contributed by atoms with E-state index in [2.05, 4.69) is 10.6 Å². The first kappa shape index (κ1) is 20.4. The maximum atomic E-state index is 12.9. The summed E-state index contributed by atoms with van der Waals surface area (Å²) in [5, 5.41) is 14.3. The van der Waals surface area contributed by atoms with Gasteiger partial charge >= 0.3 is 5.97 Å². The minimum absolute atomic E-state index is 0.0315. The lowest BCUT2D eigenvalue weighted by molar-refractivity contribution is -0.113. The van der Waals surface area contributed by atoms with Crippen LogP contribution in [0.2, 0.25) is 0 Å². The number of carboxylic acids is 1. The van der Waals surface area contributed by atoms with E-state index in [0.29, 0.717) is 11.3 Å². The maximum absolute atomic E-state index is 12.9. The van der Waals surface area contributed by atoms with Crippen molar-refractivity contribution in [2.24, 2.45) is 0 Å². The number of nitrogens with one attached hydrogen (secondary N) is 2. The highest BCUT2D eigenvalue weighted by atomic mass is 16.5.